The molecule has 0 bridgehead atoms. The fraction of sp³-hybridized carbons (Fsp3) is 0.167. The van der Waals surface area contributed by atoms with Crippen molar-refractivity contribution in [1.82, 2.24) is 4.98 Å². The molecule has 0 aromatic carbocycles. The van der Waals surface area contributed by atoms with E-state index in [0.29, 0.717) is 0 Å². The lowest BCUT2D eigenvalue weighted by atomic mass is 10.5. The van der Waals surface area contributed by atoms with E-state index < -0.39 is 16.5 Å². The average molecular weight is 271 g/mol. The molecule has 0 amide bonds. The van der Waals surface area contributed by atoms with Crippen LogP contribution in [0.15, 0.2) is 29.4 Å². The number of hydrogen-bond donors (Lipinski definition) is 2. The Bertz CT molecular complexity index is 311. The molecule has 1 heterocycles. The minimum Gasteiger partial charge on any atom is -0.326 e. The molecule has 0 radical (unpaired) electrons. The summed E-state index contributed by atoms with van der Waals surface area (Å²) in [5, 5.41) is 0. The molecule has 0 aliphatic rings. The summed E-state index contributed by atoms with van der Waals surface area (Å²) in [6, 6.07) is 3.98. The minimum atomic E-state index is -3.20. The second kappa shape index (κ2) is 9.09. The van der Waals surface area contributed by atoms with E-state index >= 15 is 0 Å². The molecule has 1 aromatic heterocycles. The van der Waals surface area contributed by atoms with Gasteiger partial charge >= 0.3 is 16.5 Å². The molecule has 0 aliphatic carbocycles. The summed E-state index contributed by atoms with van der Waals surface area (Å²) in [6.45, 7) is 0. The van der Waals surface area contributed by atoms with Gasteiger partial charge in [-0.05, 0) is 18.4 Å². The highest BCUT2D eigenvalue weighted by molar-refractivity contribution is 7.98. The Morgan fingerprint density at radius 1 is 1.27 bits per heavy atom. The van der Waals surface area contributed by atoms with Crippen LogP contribution in [-0.2, 0) is 13.4 Å². The number of hydrogen-bond acceptors (Lipinski definition) is 5. The molecule has 0 aliphatic heterocycles. The van der Waals surface area contributed by atoms with Crippen LogP contribution in [-0.4, -0.2) is 21.0 Å². The SMILES string of the molecule is CSc1ccncc1.O=[PH](O)O[PH](=O)O. The molecule has 2 atom stereocenters. The summed E-state index contributed by atoms with van der Waals surface area (Å²) in [6.07, 6.45) is 5.65. The first-order chi connectivity index (χ1) is 7.06. The third-order valence-corrected chi connectivity index (χ3v) is 3.20. The summed E-state index contributed by atoms with van der Waals surface area (Å²) in [4.78, 5) is 20.6. The van der Waals surface area contributed by atoms with Gasteiger partial charge in [0.2, 0.25) is 0 Å². The number of aromatic nitrogens is 1. The maximum atomic E-state index is 9.44. The highest BCUT2D eigenvalue weighted by Crippen LogP contribution is 2.30. The number of pyridine rings is 1. The van der Waals surface area contributed by atoms with E-state index in [1.807, 2.05) is 12.1 Å². The van der Waals surface area contributed by atoms with Gasteiger partial charge in [0.15, 0.2) is 0 Å². The third-order valence-electron chi connectivity index (χ3n) is 1.06. The average Bonchev–Trinajstić information content (AvgIpc) is 2.18. The molecular weight excluding hydrogens is 260 g/mol. The molecule has 86 valence electrons. The van der Waals surface area contributed by atoms with Crippen molar-refractivity contribution in [2.24, 2.45) is 0 Å². The summed E-state index contributed by atoms with van der Waals surface area (Å²) in [7, 11) is -6.40. The van der Waals surface area contributed by atoms with E-state index in [9.17, 15) is 9.13 Å². The Kier molecular flexibility index (Phi) is 9.00. The summed E-state index contributed by atoms with van der Waals surface area (Å²) in [5.74, 6) is 0. The molecule has 0 saturated carbocycles. The quantitative estimate of drug-likeness (QED) is 0.636. The zero-order valence-corrected chi connectivity index (χ0v) is 10.6. The minimum absolute atomic E-state index is 1.26. The van der Waals surface area contributed by atoms with Crippen molar-refractivity contribution < 1.29 is 23.2 Å². The summed E-state index contributed by atoms with van der Waals surface area (Å²) in [5.41, 5.74) is 0. The smallest absolute Gasteiger partial charge is 0.323 e. The van der Waals surface area contributed by atoms with Crippen molar-refractivity contribution in [3.8, 4) is 0 Å². The maximum Gasteiger partial charge on any atom is 0.323 e. The molecular formula is C6H11NO5P2S. The van der Waals surface area contributed by atoms with Gasteiger partial charge in [0.1, 0.15) is 0 Å². The van der Waals surface area contributed by atoms with Crippen molar-refractivity contribution in [3.63, 3.8) is 0 Å². The van der Waals surface area contributed by atoms with Gasteiger partial charge in [0.05, 0.1) is 0 Å². The predicted molar refractivity (Wildman–Crippen MR) is 59.5 cm³/mol. The van der Waals surface area contributed by atoms with E-state index in [1.165, 1.54) is 4.90 Å². The van der Waals surface area contributed by atoms with Crippen LogP contribution in [0.5, 0.6) is 0 Å². The highest BCUT2D eigenvalue weighted by atomic mass is 32.2. The summed E-state index contributed by atoms with van der Waals surface area (Å²) >= 11 is 1.73. The number of nitrogens with zero attached hydrogens (tertiary/aromatic N) is 1. The van der Waals surface area contributed by atoms with Crippen molar-refractivity contribution in [2.75, 3.05) is 6.26 Å². The third kappa shape index (κ3) is 10.1. The fourth-order valence-corrected chi connectivity index (χ4v) is 1.54. The van der Waals surface area contributed by atoms with Crippen LogP contribution < -0.4 is 0 Å². The summed E-state index contributed by atoms with van der Waals surface area (Å²) < 4.78 is 22.3. The molecule has 15 heavy (non-hydrogen) atoms. The molecule has 0 fully saturated rings. The monoisotopic (exact) mass is 271 g/mol. The standard InChI is InChI=1S/C6H7NS.H4O5P2/c1-8-6-2-4-7-5-3-6;1-6(2)5-7(3)4/h2-5H,1H3;6-7H,(H,1,2)(H,3,4). The van der Waals surface area contributed by atoms with Crippen molar-refractivity contribution in [2.45, 2.75) is 4.90 Å². The lowest BCUT2D eigenvalue weighted by Crippen LogP contribution is -1.68. The van der Waals surface area contributed by atoms with Crippen LogP contribution in [0.4, 0.5) is 0 Å². The van der Waals surface area contributed by atoms with Crippen molar-refractivity contribution >= 4 is 28.3 Å². The van der Waals surface area contributed by atoms with Gasteiger partial charge in [-0.2, -0.15) is 0 Å². The van der Waals surface area contributed by atoms with Crippen LogP contribution in [0.25, 0.3) is 0 Å². The van der Waals surface area contributed by atoms with Crippen molar-refractivity contribution in [1.29, 1.82) is 0 Å². The molecule has 0 spiro atoms. The van der Waals surface area contributed by atoms with E-state index in [4.69, 9.17) is 9.79 Å². The van der Waals surface area contributed by atoms with Crippen LogP contribution in [0.2, 0.25) is 0 Å². The Hall–Kier alpha value is -0.160. The topological polar surface area (TPSA) is 96.7 Å². The fourth-order valence-electron chi connectivity index (χ4n) is 0.549. The Labute approximate surface area is 92.6 Å². The van der Waals surface area contributed by atoms with Crippen LogP contribution in [0.1, 0.15) is 0 Å². The zero-order chi connectivity index (χ0) is 11.7. The first-order valence-corrected chi connectivity index (χ1v) is 7.39. The van der Waals surface area contributed by atoms with Gasteiger partial charge in [-0.3, -0.25) is 14.1 Å². The van der Waals surface area contributed by atoms with Gasteiger partial charge in [0, 0.05) is 17.3 Å². The second-order valence-corrected chi connectivity index (χ2v) is 4.78. The largest absolute Gasteiger partial charge is 0.326 e. The molecule has 6 nitrogen and oxygen atoms in total. The Balaban J connectivity index is 0.000000265. The first-order valence-electron chi connectivity index (χ1n) is 3.64. The van der Waals surface area contributed by atoms with Gasteiger partial charge in [-0.15, -0.1) is 11.8 Å². The zero-order valence-electron chi connectivity index (χ0n) is 7.78. The molecule has 9 heteroatoms. The van der Waals surface area contributed by atoms with E-state index in [1.54, 1.807) is 24.2 Å². The van der Waals surface area contributed by atoms with Gasteiger partial charge in [-0.25, -0.2) is 4.31 Å². The highest BCUT2D eigenvalue weighted by Gasteiger charge is 1.93. The Morgan fingerprint density at radius 2 is 1.73 bits per heavy atom. The maximum absolute atomic E-state index is 9.44. The molecule has 1 aromatic rings. The van der Waals surface area contributed by atoms with Crippen LogP contribution in [0.3, 0.4) is 0 Å². The van der Waals surface area contributed by atoms with Crippen LogP contribution >= 0.6 is 28.3 Å². The number of thioether (sulfide) groups is 1. The van der Waals surface area contributed by atoms with E-state index in [2.05, 4.69) is 15.6 Å². The molecule has 0 saturated heterocycles. The Morgan fingerprint density at radius 3 is 1.93 bits per heavy atom. The lowest BCUT2D eigenvalue weighted by Gasteiger charge is -1.88. The first kappa shape index (κ1) is 14.8. The van der Waals surface area contributed by atoms with Gasteiger partial charge in [0.25, 0.3) is 0 Å². The molecule has 2 N–H and O–H groups in total. The lowest BCUT2D eigenvalue weighted by molar-refractivity contribution is 0.371. The van der Waals surface area contributed by atoms with Crippen molar-refractivity contribution in [3.05, 3.63) is 24.5 Å². The molecule has 2 unspecified atom stereocenters. The van der Waals surface area contributed by atoms with Gasteiger partial charge < -0.3 is 9.79 Å². The molecule has 1 rings (SSSR count). The van der Waals surface area contributed by atoms with E-state index in [0.717, 1.165) is 0 Å². The number of rotatable bonds is 3. The van der Waals surface area contributed by atoms with Crippen LogP contribution in [0, 0.1) is 0 Å². The van der Waals surface area contributed by atoms with Gasteiger partial charge in [-0.1, -0.05) is 0 Å². The predicted octanol–water partition coefficient (Wildman–Crippen LogP) is 1.57. The normalized spacial score (nSPS) is 13.5. The van der Waals surface area contributed by atoms with E-state index in [-0.39, 0.29) is 0 Å². The second-order valence-electron chi connectivity index (χ2n) is 2.02.